The van der Waals surface area contributed by atoms with E-state index in [1.165, 1.54) is 18.2 Å². The van der Waals surface area contributed by atoms with Crippen LogP contribution in [-0.2, 0) is 0 Å². The summed E-state index contributed by atoms with van der Waals surface area (Å²) in [7, 11) is 0. The van der Waals surface area contributed by atoms with E-state index in [4.69, 9.17) is 18.6 Å². The van der Waals surface area contributed by atoms with Gasteiger partial charge in [0, 0.05) is 42.5 Å². The van der Waals surface area contributed by atoms with Gasteiger partial charge in [0.2, 0.25) is 17.2 Å². The van der Waals surface area contributed by atoms with E-state index in [2.05, 4.69) is 0 Å². The van der Waals surface area contributed by atoms with Crippen LogP contribution in [0, 0.1) is 0 Å². The van der Waals surface area contributed by atoms with Gasteiger partial charge in [-0.05, 0) is 0 Å². The molecule has 7 N–H and O–H groups in total. The van der Waals surface area contributed by atoms with Gasteiger partial charge in [0.05, 0.1) is 10.8 Å². The number of aromatic hydroxyl groups is 7. The number of hydrogen-bond donors (Lipinski definition) is 7. The molecule has 2 heterocycles. The molecule has 6 rings (SSSR count). The molecule has 5 aromatic rings. The fraction of sp³-hybridized carbons (Fsp3) is 0. The first-order chi connectivity index (χ1) is 16.7. The van der Waals surface area contributed by atoms with Crippen LogP contribution in [0.5, 0.6) is 74.7 Å². The van der Waals surface area contributed by atoms with Crippen molar-refractivity contribution in [3.63, 3.8) is 0 Å². The van der Waals surface area contributed by atoms with Crippen LogP contribution in [0.4, 0.5) is 0 Å². The molecule has 0 unspecified atom stereocenters. The maximum absolute atomic E-state index is 10.6. The predicted octanol–water partition coefficient (Wildman–Crippen LogP) is 5.22. The van der Waals surface area contributed by atoms with Gasteiger partial charge in [-0.15, -0.1) is 0 Å². The van der Waals surface area contributed by atoms with Gasteiger partial charge in [-0.1, -0.05) is 0 Å². The number of furan rings is 1. The highest BCUT2D eigenvalue weighted by Gasteiger charge is 2.33. The first-order valence-electron chi connectivity index (χ1n) is 9.99. The van der Waals surface area contributed by atoms with Crippen molar-refractivity contribution in [2.24, 2.45) is 0 Å². The quantitative estimate of drug-likeness (QED) is 0.173. The Morgan fingerprint density at radius 3 is 2.00 bits per heavy atom. The van der Waals surface area contributed by atoms with Crippen LogP contribution in [0.25, 0.3) is 21.9 Å². The molecule has 0 bridgehead atoms. The highest BCUT2D eigenvalue weighted by molar-refractivity contribution is 6.14. The summed E-state index contributed by atoms with van der Waals surface area (Å²) >= 11 is 0. The third-order valence-electron chi connectivity index (χ3n) is 5.37. The van der Waals surface area contributed by atoms with E-state index in [0.29, 0.717) is 0 Å². The Balaban J connectivity index is 1.56. The van der Waals surface area contributed by atoms with Gasteiger partial charge < -0.3 is 54.4 Å². The third kappa shape index (κ3) is 2.99. The lowest BCUT2D eigenvalue weighted by Crippen LogP contribution is -2.02. The number of benzene rings is 4. The second-order valence-electron chi connectivity index (χ2n) is 7.76. The Hall–Kier alpha value is -5.32. The number of rotatable bonds is 2. The number of hydrogen-bond acceptors (Lipinski definition) is 11. The standard InChI is InChI=1S/C24H14O11/c25-8-1-9(26)3-11(2-8)32-21-13(29)6-14(30)22-24(21)34-17-7-15(31)20-19(23(17)35-22)18-12(28)4-10(27)5-16(18)33-20/h1-7,25-31H. The molecular weight excluding hydrogens is 464 g/mol. The maximum atomic E-state index is 10.6. The van der Waals surface area contributed by atoms with Crippen LogP contribution in [0.3, 0.4) is 0 Å². The molecule has 0 atom stereocenters. The molecule has 35 heavy (non-hydrogen) atoms. The van der Waals surface area contributed by atoms with Crippen LogP contribution in [0.1, 0.15) is 0 Å². The second kappa shape index (κ2) is 6.84. The van der Waals surface area contributed by atoms with Crippen molar-refractivity contribution in [1.29, 1.82) is 0 Å². The minimum atomic E-state index is -0.552. The summed E-state index contributed by atoms with van der Waals surface area (Å²) in [4.78, 5) is 0. The van der Waals surface area contributed by atoms with Crippen molar-refractivity contribution in [2.75, 3.05) is 0 Å². The summed E-state index contributed by atoms with van der Waals surface area (Å²) < 4.78 is 22.9. The largest absolute Gasteiger partial charge is 0.508 e. The first kappa shape index (κ1) is 20.3. The normalized spacial score (nSPS) is 12.1. The van der Waals surface area contributed by atoms with Crippen molar-refractivity contribution in [2.45, 2.75) is 0 Å². The Morgan fingerprint density at radius 1 is 0.543 bits per heavy atom. The molecular formula is C24H14O11. The molecule has 4 aromatic carbocycles. The molecule has 0 spiro atoms. The van der Waals surface area contributed by atoms with E-state index >= 15 is 0 Å². The summed E-state index contributed by atoms with van der Waals surface area (Å²) in [5.41, 5.74) is -0.0186. The SMILES string of the molecule is Oc1cc(O)cc(Oc2c(O)cc(O)c3c2Oc2cc(O)c4oc5cc(O)cc(O)c5c4c2O3)c1. The summed E-state index contributed by atoms with van der Waals surface area (Å²) in [6, 6.07) is 7.83. The van der Waals surface area contributed by atoms with Gasteiger partial charge in [0.25, 0.3) is 0 Å². The lowest BCUT2D eigenvalue weighted by Gasteiger charge is -2.24. The summed E-state index contributed by atoms with van der Waals surface area (Å²) in [5.74, 6) is -3.74. The van der Waals surface area contributed by atoms with E-state index < -0.39 is 11.5 Å². The molecule has 0 radical (unpaired) electrons. The Morgan fingerprint density at radius 2 is 1.26 bits per heavy atom. The van der Waals surface area contributed by atoms with Gasteiger partial charge >= 0.3 is 0 Å². The number of fused-ring (bicyclic) bond motifs is 6. The molecule has 11 nitrogen and oxygen atoms in total. The van der Waals surface area contributed by atoms with Crippen molar-refractivity contribution in [3.05, 3.63) is 42.5 Å². The van der Waals surface area contributed by atoms with Crippen LogP contribution in [-0.4, -0.2) is 35.7 Å². The van der Waals surface area contributed by atoms with Crippen molar-refractivity contribution in [1.82, 2.24) is 0 Å². The highest BCUT2D eigenvalue weighted by Crippen LogP contribution is 2.61. The zero-order valence-corrected chi connectivity index (χ0v) is 17.3. The molecule has 0 saturated heterocycles. The van der Waals surface area contributed by atoms with Gasteiger partial charge in [0.15, 0.2) is 34.3 Å². The topological polar surface area (TPSA) is 182 Å². The predicted molar refractivity (Wildman–Crippen MR) is 118 cm³/mol. The number of phenols is 7. The molecule has 0 saturated carbocycles. The average molecular weight is 478 g/mol. The van der Waals surface area contributed by atoms with Gasteiger partial charge in [-0.25, -0.2) is 0 Å². The monoisotopic (exact) mass is 478 g/mol. The van der Waals surface area contributed by atoms with Crippen LogP contribution < -0.4 is 14.2 Å². The number of phenolic OH excluding ortho intramolecular Hbond substituents is 7. The molecule has 176 valence electrons. The van der Waals surface area contributed by atoms with E-state index in [0.717, 1.165) is 24.3 Å². The minimum absolute atomic E-state index is 0.0352. The van der Waals surface area contributed by atoms with E-state index in [-0.39, 0.29) is 85.2 Å². The Labute approximate surface area is 194 Å². The zero-order chi connectivity index (χ0) is 24.6. The first-order valence-corrected chi connectivity index (χ1v) is 9.99. The molecule has 0 fully saturated rings. The van der Waals surface area contributed by atoms with Crippen molar-refractivity contribution < 1.29 is 54.4 Å². The summed E-state index contributed by atoms with van der Waals surface area (Å²) in [6.45, 7) is 0. The van der Waals surface area contributed by atoms with Gasteiger partial charge in [-0.2, -0.15) is 0 Å². The third-order valence-corrected chi connectivity index (χ3v) is 5.37. The van der Waals surface area contributed by atoms with Crippen LogP contribution >= 0.6 is 0 Å². The van der Waals surface area contributed by atoms with Crippen molar-refractivity contribution in [3.8, 4) is 74.7 Å². The van der Waals surface area contributed by atoms with Crippen LogP contribution in [0.15, 0.2) is 46.9 Å². The van der Waals surface area contributed by atoms with E-state index in [9.17, 15) is 35.7 Å². The summed E-state index contributed by atoms with van der Waals surface area (Å²) in [6.07, 6.45) is 0. The fourth-order valence-electron chi connectivity index (χ4n) is 3.99. The lowest BCUT2D eigenvalue weighted by molar-refractivity contribution is 0.312. The van der Waals surface area contributed by atoms with Crippen molar-refractivity contribution >= 4 is 21.9 Å². The van der Waals surface area contributed by atoms with E-state index in [1.807, 2.05) is 0 Å². The molecule has 1 aromatic heterocycles. The fourth-order valence-corrected chi connectivity index (χ4v) is 3.99. The van der Waals surface area contributed by atoms with Gasteiger partial charge in [-0.3, -0.25) is 0 Å². The van der Waals surface area contributed by atoms with Gasteiger partial charge in [0.1, 0.15) is 34.3 Å². The Kier molecular flexibility index (Phi) is 3.97. The lowest BCUT2D eigenvalue weighted by atomic mass is 10.1. The molecule has 0 amide bonds. The Bertz CT molecular complexity index is 1680. The average Bonchev–Trinajstić information content (AvgIpc) is 3.16. The van der Waals surface area contributed by atoms with E-state index in [1.54, 1.807) is 0 Å². The smallest absolute Gasteiger partial charge is 0.220 e. The minimum Gasteiger partial charge on any atom is -0.508 e. The summed E-state index contributed by atoms with van der Waals surface area (Å²) in [5, 5.41) is 71.3. The number of ether oxygens (including phenoxy) is 3. The maximum Gasteiger partial charge on any atom is 0.220 e. The molecule has 1 aliphatic heterocycles. The second-order valence-corrected chi connectivity index (χ2v) is 7.76. The highest BCUT2D eigenvalue weighted by atomic mass is 16.6. The molecule has 1 aliphatic rings. The zero-order valence-electron chi connectivity index (χ0n) is 17.3. The molecule has 0 aliphatic carbocycles. The molecule has 11 heteroatoms. The van der Waals surface area contributed by atoms with Crippen LogP contribution in [0.2, 0.25) is 0 Å².